The van der Waals surface area contributed by atoms with Gasteiger partial charge in [-0.25, -0.2) is 0 Å². The number of nitrogens with one attached hydrogen (secondary N) is 1. The number of benzene rings is 1. The Balaban J connectivity index is 2.36. The van der Waals surface area contributed by atoms with E-state index < -0.39 is 0 Å². The highest BCUT2D eigenvalue weighted by Crippen LogP contribution is 2.09. The van der Waals surface area contributed by atoms with Gasteiger partial charge in [-0.2, -0.15) is 5.10 Å². The van der Waals surface area contributed by atoms with Gasteiger partial charge in [0.2, 0.25) is 0 Å². The van der Waals surface area contributed by atoms with Crippen molar-refractivity contribution in [3.05, 3.63) is 35.4 Å². The molecule has 0 atom stereocenters. The molecule has 12 heavy (non-hydrogen) atoms. The van der Waals surface area contributed by atoms with Crippen molar-refractivity contribution in [2.75, 3.05) is 6.54 Å². The normalized spacial score (nSPS) is 18.3. The zero-order chi connectivity index (χ0) is 8.23. The largest absolute Gasteiger partial charge is 0.310 e. The highest BCUT2D eigenvalue weighted by Gasteiger charge is 2.00. The van der Waals surface area contributed by atoms with E-state index in [0.29, 0.717) is 0 Å². The third-order valence-corrected chi connectivity index (χ3v) is 2.08. The van der Waals surface area contributed by atoms with Crippen LogP contribution in [0.4, 0.5) is 0 Å². The maximum Gasteiger partial charge on any atom is 0.0543 e. The molecule has 0 aliphatic carbocycles. The predicted octanol–water partition coefficient (Wildman–Crippen LogP) is 1.56. The van der Waals surface area contributed by atoms with E-state index >= 15 is 0 Å². The van der Waals surface area contributed by atoms with E-state index in [1.807, 2.05) is 12.3 Å². The first-order valence-corrected chi connectivity index (χ1v) is 4.30. The molecule has 0 aromatic heterocycles. The molecule has 62 valence electrons. The summed E-state index contributed by atoms with van der Waals surface area (Å²) in [4.78, 5) is 0. The summed E-state index contributed by atoms with van der Waals surface area (Å²) in [6.07, 6.45) is 4.21. The van der Waals surface area contributed by atoms with Crippen LogP contribution < -0.4 is 5.43 Å². The van der Waals surface area contributed by atoms with E-state index in [-0.39, 0.29) is 0 Å². The number of aryl methyl sites for hydroxylation is 1. The summed E-state index contributed by atoms with van der Waals surface area (Å²) >= 11 is 0. The van der Waals surface area contributed by atoms with E-state index in [0.717, 1.165) is 19.4 Å². The van der Waals surface area contributed by atoms with Gasteiger partial charge in [0.15, 0.2) is 0 Å². The lowest BCUT2D eigenvalue weighted by Crippen LogP contribution is -2.12. The van der Waals surface area contributed by atoms with Crippen LogP contribution in [-0.2, 0) is 6.42 Å². The average Bonchev–Trinajstić information content (AvgIpc) is 2.06. The first-order chi connectivity index (χ1) is 5.97. The molecular formula is C10H12N2. The summed E-state index contributed by atoms with van der Waals surface area (Å²) in [5.41, 5.74) is 5.64. The lowest BCUT2D eigenvalue weighted by atomic mass is 10.0. The fourth-order valence-corrected chi connectivity index (χ4v) is 1.43. The molecule has 1 aromatic carbocycles. The zero-order valence-electron chi connectivity index (χ0n) is 6.96. The van der Waals surface area contributed by atoms with Crippen molar-refractivity contribution in [1.29, 1.82) is 0 Å². The third kappa shape index (κ3) is 1.47. The average molecular weight is 160 g/mol. The molecule has 0 spiro atoms. The van der Waals surface area contributed by atoms with E-state index in [9.17, 15) is 0 Å². The van der Waals surface area contributed by atoms with Crippen LogP contribution in [0.25, 0.3) is 0 Å². The number of rotatable bonds is 0. The Kier molecular flexibility index (Phi) is 2.08. The van der Waals surface area contributed by atoms with Gasteiger partial charge in [0.25, 0.3) is 0 Å². The Bertz CT molecular complexity index is 292. The van der Waals surface area contributed by atoms with E-state index in [2.05, 4.69) is 28.7 Å². The van der Waals surface area contributed by atoms with Crippen LogP contribution in [0.2, 0.25) is 0 Å². The molecule has 1 heterocycles. The van der Waals surface area contributed by atoms with Crippen LogP contribution in [0, 0.1) is 0 Å². The lowest BCUT2D eigenvalue weighted by molar-refractivity contribution is 0.678. The molecule has 1 aliphatic rings. The van der Waals surface area contributed by atoms with Crippen LogP contribution in [0.1, 0.15) is 17.5 Å². The molecular weight excluding hydrogens is 148 g/mol. The van der Waals surface area contributed by atoms with Gasteiger partial charge in [-0.1, -0.05) is 24.3 Å². The van der Waals surface area contributed by atoms with Gasteiger partial charge < -0.3 is 5.43 Å². The van der Waals surface area contributed by atoms with Crippen molar-refractivity contribution in [3.8, 4) is 0 Å². The minimum atomic E-state index is 0.977. The molecule has 0 unspecified atom stereocenters. The Labute approximate surface area is 72.3 Å². The minimum absolute atomic E-state index is 0.977. The van der Waals surface area contributed by atoms with Crippen LogP contribution in [0.15, 0.2) is 29.4 Å². The van der Waals surface area contributed by atoms with E-state index in [4.69, 9.17) is 0 Å². The molecule has 2 heteroatoms. The standard InChI is InChI=1S/C10H12N2/c1-2-5-10-8-12-11-7-3-6-9(10)4-1/h1-2,4-5,8,11H,3,6-7H2/b12-8-. The SMILES string of the molecule is C1=N\NCCCc2ccccc2/1. The molecule has 2 nitrogen and oxygen atoms in total. The van der Waals surface area contributed by atoms with Gasteiger partial charge in [0.1, 0.15) is 0 Å². The van der Waals surface area contributed by atoms with Crippen molar-refractivity contribution in [2.45, 2.75) is 12.8 Å². The van der Waals surface area contributed by atoms with Crippen LogP contribution in [-0.4, -0.2) is 12.8 Å². The molecule has 0 amide bonds. The van der Waals surface area contributed by atoms with Gasteiger partial charge in [-0.3, -0.25) is 0 Å². The summed E-state index contributed by atoms with van der Waals surface area (Å²) in [5, 5.41) is 4.10. The van der Waals surface area contributed by atoms with Crippen molar-refractivity contribution in [1.82, 2.24) is 5.43 Å². The summed E-state index contributed by atoms with van der Waals surface area (Å²) in [6.45, 7) is 0.977. The highest BCUT2D eigenvalue weighted by molar-refractivity contribution is 5.81. The Hall–Kier alpha value is -1.31. The first-order valence-electron chi connectivity index (χ1n) is 4.30. The molecule has 2 rings (SSSR count). The third-order valence-electron chi connectivity index (χ3n) is 2.08. The maximum atomic E-state index is 4.10. The first kappa shape index (κ1) is 7.35. The second-order valence-corrected chi connectivity index (χ2v) is 2.97. The quantitative estimate of drug-likeness (QED) is 0.612. The van der Waals surface area contributed by atoms with Crippen molar-refractivity contribution < 1.29 is 0 Å². The number of fused-ring (bicyclic) bond motifs is 1. The molecule has 0 bridgehead atoms. The molecule has 0 saturated carbocycles. The molecule has 1 aliphatic heterocycles. The molecule has 0 radical (unpaired) electrons. The van der Waals surface area contributed by atoms with Crippen molar-refractivity contribution in [2.24, 2.45) is 5.10 Å². The number of hydrogen-bond donors (Lipinski definition) is 1. The maximum absolute atomic E-state index is 4.10. The van der Waals surface area contributed by atoms with Crippen LogP contribution in [0.5, 0.6) is 0 Å². The Morgan fingerprint density at radius 3 is 3.17 bits per heavy atom. The van der Waals surface area contributed by atoms with E-state index in [1.54, 1.807) is 0 Å². The minimum Gasteiger partial charge on any atom is -0.310 e. The van der Waals surface area contributed by atoms with Gasteiger partial charge in [0, 0.05) is 6.54 Å². The fraction of sp³-hybridized carbons (Fsp3) is 0.300. The van der Waals surface area contributed by atoms with E-state index in [1.165, 1.54) is 11.1 Å². The monoisotopic (exact) mass is 160 g/mol. The summed E-state index contributed by atoms with van der Waals surface area (Å²) in [7, 11) is 0. The van der Waals surface area contributed by atoms with Crippen LogP contribution in [0.3, 0.4) is 0 Å². The van der Waals surface area contributed by atoms with Gasteiger partial charge >= 0.3 is 0 Å². The lowest BCUT2D eigenvalue weighted by Gasteiger charge is -2.08. The second kappa shape index (κ2) is 3.39. The smallest absolute Gasteiger partial charge is 0.0543 e. The Morgan fingerprint density at radius 1 is 1.25 bits per heavy atom. The van der Waals surface area contributed by atoms with Gasteiger partial charge in [0.05, 0.1) is 6.21 Å². The van der Waals surface area contributed by atoms with Crippen LogP contribution >= 0.6 is 0 Å². The molecule has 1 N–H and O–H groups in total. The summed E-state index contributed by atoms with van der Waals surface area (Å²) in [5.74, 6) is 0. The Morgan fingerprint density at radius 2 is 2.17 bits per heavy atom. The number of hydrogen-bond acceptors (Lipinski definition) is 2. The number of hydrazone groups is 1. The molecule has 1 aromatic rings. The number of nitrogens with zero attached hydrogens (tertiary/aromatic N) is 1. The topological polar surface area (TPSA) is 24.4 Å². The van der Waals surface area contributed by atoms with Gasteiger partial charge in [-0.05, 0) is 24.0 Å². The predicted molar refractivity (Wildman–Crippen MR) is 50.4 cm³/mol. The summed E-state index contributed by atoms with van der Waals surface area (Å²) in [6, 6.07) is 8.41. The zero-order valence-corrected chi connectivity index (χ0v) is 6.96. The molecule has 0 fully saturated rings. The highest BCUT2D eigenvalue weighted by atomic mass is 15.3. The molecule has 0 saturated heterocycles. The summed E-state index contributed by atoms with van der Waals surface area (Å²) < 4.78 is 0. The van der Waals surface area contributed by atoms with Crippen molar-refractivity contribution in [3.63, 3.8) is 0 Å². The fourth-order valence-electron chi connectivity index (χ4n) is 1.43. The second-order valence-electron chi connectivity index (χ2n) is 2.97. The van der Waals surface area contributed by atoms with Crippen molar-refractivity contribution >= 4 is 6.21 Å². The van der Waals surface area contributed by atoms with Gasteiger partial charge in [-0.15, -0.1) is 0 Å².